The Morgan fingerprint density at radius 3 is 2.67 bits per heavy atom. The predicted molar refractivity (Wildman–Crippen MR) is 79.9 cm³/mol. The molecule has 0 aromatic heterocycles. The van der Waals surface area contributed by atoms with Crippen LogP contribution in [0.4, 0.5) is 10.1 Å². The maximum atomic E-state index is 14.1. The molecule has 4 nitrogen and oxygen atoms in total. The van der Waals surface area contributed by atoms with Gasteiger partial charge in [0, 0.05) is 6.07 Å². The van der Waals surface area contributed by atoms with Crippen molar-refractivity contribution in [3.05, 3.63) is 71.8 Å². The molecule has 1 aliphatic heterocycles. The molecule has 0 spiro atoms. The Labute approximate surface area is 122 Å². The van der Waals surface area contributed by atoms with Crippen LogP contribution in [0.15, 0.2) is 60.4 Å². The van der Waals surface area contributed by atoms with Gasteiger partial charge in [0.1, 0.15) is 18.2 Å². The Bertz CT molecular complexity index is 658. The summed E-state index contributed by atoms with van der Waals surface area (Å²) in [6.07, 6.45) is 1.79. The van der Waals surface area contributed by atoms with Crippen molar-refractivity contribution in [2.24, 2.45) is 5.73 Å². The van der Waals surface area contributed by atoms with E-state index >= 15 is 0 Å². The molecule has 1 aliphatic rings. The summed E-state index contributed by atoms with van der Waals surface area (Å²) in [5.41, 5.74) is 9.98. The minimum Gasteiger partial charge on any atom is -0.489 e. The Hall–Kier alpha value is -2.69. The second-order valence-electron chi connectivity index (χ2n) is 4.77. The molecule has 0 fully saturated rings. The highest BCUT2D eigenvalue weighted by molar-refractivity contribution is 5.51. The first-order valence-electron chi connectivity index (χ1n) is 6.68. The number of ether oxygens (including phenoxy) is 1. The molecule has 0 saturated carbocycles. The molecule has 2 aromatic rings. The molecule has 2 aromatic carbocycles. The lowest BCUT2D eigenvalue weighted by atomic mass is 10.2. The molecule has 1 heterocycles. The lowest BCUT2D eigenvalue weighted by Gasteiger charge is -2.20. The van der Waals surface area contributed by atoms with Gasteiger partial charge in [0.25, 0.3) is 0 Å². The van der Waals surface area contributed by atoms with Gasteiger partial charge in [-0.3, -0.25) is 10.4 Å². The monoisotopic (exact) mass is 285 g/mol. The summed E-state index contributed by atoms with van der Waals surface area (Å²) >= 11 is 0. The van der Waals surface area contributed by atoms with E-state index in [4.69, 9.17) is 10.5 Å². The minimum atomic E-state index is -0.351. The third kappa shape index (κ3) is 3.08. The zero-order valence-electron chi connectivity index (χ0n) is 11.4. The highest BCUT2D eigenvalue weighted by Crippen LogP contribution is 2.25. The third-order valence-corrected chi connectivity index (χ3v) is 3.22. The fraction of sp³-hybridized carbons (Fsp3) is 0.125. The van der Waals surface area contributed by atoms with Crippen LogP contribution in [0.25, 0.3) is 0 Å². The second kappa shape index (κ2) is 5.75. The van der Waals surface area contributed by atoms with Gasteiger partial charge in [-0.2, -0.15) is 0 Å². The highest BCUT2D eigenvalue weighted by Gasteiger charge is 2.16. The van der Waals surface area contributed by atoms with Gasteiger partial charge in [0.2, 0.25) is 0 Å². The molecule has 0 atom stereocenters. The van der Waals surface area contributed by atoms with Crippen molar-refractivity contribution < 1.29 is 9.13 Å². The van der Waals surface area contributed by atoms with E-state index in [1.54, 1.807) is 23.2 Å². The Morgan fingerprint density at radius 1 is 1.19 bits per heavy atom. The quantitative estimate of drug-likeness (QED) is 0.906. The van der Waals surface area contributed by atoms with Gasteiger partial charge >= 0.3 is 0 Å². The van der Waals surface area contributed by atoms with Crippen molar-refractivity contribution in [3.63, 3.8) is 0 Å². The zero-order chi connectivity index (χ0) is 14.7. The van der Waals surface area contributed by atoms with E-state index in [2.05, 4.69) is 5.43 Å². The van der Waals surface area contributed by atoms with Crippen molar-refractivity contribution in [3.8, 4) is 5.75 Å². The summed E-state index contributed by atoms with van der Waals surface area (Å²) in [4.78, 5) is 0. The maximum absolute atomic E-state index is 14.1. The number of nitrogens with zero attached hydrogens (tertiary/aromatic N) is 1. The van der Waals surface area contributed by atoms with Crippen LogP contribution in [-0.4, -0.2) is 6.54 Å². The van der Waals surface area contributed by atoms with Crippen molar-refractivity contribution in [1.29, 1.82) is 0 Å². The molecule has 0 amide bonds. The van der Waals surface area contributed by atoms with E-state index in [0.717, 1.165) is 5.56 Å². The molecule has 0 aliphatic carbocycles. The predicted octanol–water partition coefficient (Wildman–Crippen LogP) is 2.53. The van der Waals surface area contributed by atoms with Gasteiger partial charge < -0.3 is 10.5 Å². The molecule has 5 heteroatoms. The van der Waals surface area contributed by atoms with Crippen LogP contribution in [-0.2, 0) is 6.61 Å². The molecular formula is C16H16FN3O. The summed E-state index contributed by atoms with van der Waals surface area (Å²) < 4.78 is 19.7. The van der Waals surface area contributed by atoms with E-state index in [1.807, 2.05) is 30.3 Å². The number of nitrogens with two attached hydrogens (primary N) is 1. The average molecular weight is 285 g/mol. The molecule has 108 valence electrons. The average Bonchev–Trinajstić information content (AvgIpc) is 2.92. The molecule has 0 saturated heterocycles. The van der Waals surface area contributed by atoms with Crippen molar-refractivity contribution in [2.75, 3.05) is 11.6 Å². The van der Waals surface area contributed by atoms with Gasteiger partial charge in [-0.15, -0.1) is 0 Å². The van der Waals surface area contributed by atoms with Crippen LogP contribution in [0, 0.1) is 5.82 Å². The van der Waals surface area contributed by atoms with Crippen LogP contribution in [0.1, 0.15) is 5.56 Å². The van der Waals surface area contributed by atoms with Gasteiger partial charge in [0.15, 0.2) is 5.82 Å². The SMILES string of the molecule is NC1=CCN(c2ccc(OCc3ccccc3)cc2F)N1. The zero-order valence-corrected chi connectivity index (χ0v) is 11.4. The standard InChI is InChI=1S/C16H16FN3O/c17-14-10-13(21-11-12-4-2-1-3-5-12)6-7-15(14)20-9-8-16(18)19-20/h1-8,10,19H,9,11,18H2. The fourth-order valence-corrected chi connectivity index (χ4v) is 2.13. The molecule has 21 heavy (non-hydrogen) atoms. The molecule has 0 unspecified atom stereocenters. The molecule has 3 N–H and O–H groups in total. The summed E-state index contributed by atoms with van der Waals surface area (Å²) in [6.45, 7) is 0.947. The number of anilines is 1. The molecule has 0 bridgehead atoms. The van der Waals surface area contributed by atoms with Crippen LogP contribution in [0.2, 0.25) is 0 Å². The van der Waals surface area contributed by atoms with Crippen LogP contribution in [0.3, 0.4) is 0 Å². The first kappa shape index (κ1) is 13.3. The van der Waals surface area contributed by atoms with Crippen molar-refractivity contribution >= 4 is 5.69 Å². The summed E-state index contributed by atoms with van der Waals surface area (Å²) in [5.74, 6) is 0.676. The second-order valence-corrected chi connectivity index (χ2v) is 4.77. The van der Waals surface area contributed by atoms with Crippen LogP contribution in [0.5, 0.6) is 5.75 Å². The Kier molecular flexibility index (Phi) is 3.64. The number of rotatable bonds is 4. The first-order valence-corrected chi connectivity index (χ1v) is 6.68. The summed E-state index contributed by atoms with van der Waals surface area (Å²) in [5, 5.41) is 1.64. The maximum Gasteiger partial charge on any atom is 0.152 e. The summed E-state index contributed by atoms with van der Waals surface area (Å²) in [6, 6.07) is 14.6. The van der Waals surface area contributed by atoms with Gasteiger partial charge in [0.05, 0.1) is 12.2 Å². The topological polar surface area (TPSA) is 50.5 Å². The van der Waals surface area contributed by atoms with E-state index in [-0.39, 0.29) is 5.82 Å². The van der Waals surface area contributed by atoms with Gasteiger partial charge in [-0.1, -0.05) is 30.3 Å². The number of hydrogen-bond donors (Lipinski definition) is 2. The molecule has 3 rings (SSSR count). The van der Waals surface area contributed by atoms with Gasteiger partial charge in [-0.05, 0) is 23.8 Å². The van der Waals surface area contributed by atoms with Crippen molar-refractivity contribution in [2.45, 2.75) is 6.61 Å². The first-order chi connectivity index (χ1) is 10.2. The summed E-state index contributed by atoms with van der Waals surface area (Å²) in [7, 11) is 0. The lowest BCUT2D eigenvalue weighted by Crippen LogP contribution is -2.34. The van der Waals surface area contributed by atoms with E-state index in [1.165, 1.54) is 6.07 Å². The molecule has 0 radical (unpaired) electrons. The van der Waals surface area contributed by atoms with Gasteiger partial charge in [-0.25, -0.2) is 4.39 Å². The van der Waals surface area contributed by atoms with E-state index in [0.29, 0.717) is 30.4 Å². The smallest absolute Gasteiger partial charge is 0.152 e. The third-order valence-electron chi connectivity index (χ3n) is 3.22. The number of hydrazine groups is 1. The highest BCUT2D eigenvalue weighted by atomic mass is 19.1. The number of halogens is 1. The lowest BCUT2D eigenvalue weighted by molar-refractivity contribution is 0.304. The number of nitrogens with one attached hydrogen (secondary N) is 1. The van der Waals surface area contributed by atoms with Crippen LogP contribution < -0.4 is 20.9 Å². The van der Waals surface area contributed by atoms with Crippen molar-refractivity contribution in [1.82, 2.24) is 5.43 Å². The van der Waals surface area contributed by atoms with E-state index < -0.39 is 0 Å². The molecular weight excluding hydrogens is 269 g/mol. The Balaban J connectivity index is 1.67. The Morgan fingerprint density at radius 2 is 2.00 bits per heavy atom. The normalized spacial score (nSPS) is 13.8. The largest absolute Gasteiger partial charge is 0.489 e. The van der Waals surface area contributed by atoms with E-state index in [9.17, 15) is 4.39 Å². The fourth-order valence-electron chi connectivity index (χ4n) is 2.13. The minimum absolute atomic E-state index is 0.351. The number of benzene rings is 2. The van der Waals surface area contributed by atoms with Crippen LogP contribution >= 0.6 is 0 Å². The number of hydrogen-bond acceptors (Lipinski definition) is 4.